The van der Waals surface area contributed by atoms with Crippen molar-refractivity contribution in [1.82, 2.24) is 10.2 Å². The number of benzene rings is 1. The first-order valence-electron chi connectivity index (χ1n) is 7.28. The highest BCUT2D eigenvalue weighted by molar-refractivity contribution is 5.80. The number of carbonyl (C=O) groups is 1. The summed E-state index contributed by atoms with van der Waals surface area (Å²) >= 11 is 0. The lowest BCUT2D eigenvalue weighted by atomic mass is 10.0. The van der Waals surface area contributed by atoms with Crippen LogP contribution < -0.4 is 5.32 Å². The first-order chi connectivity index (χ1) is 9.28. The van der Waals surface area contributed by atoms with E-state index in [4.69, 9.17) is 0 Å². The van der Waals surface area contributed by atoms with Crippen molar-refractivity contribution in [2.45, 2.75) is 19.3 Å². The number of rotatable bonds is 3. The SMILES string of the molecule is CNCC1CCN(C(=O)C2Cc3ccccc3C2)C1. The van der Waals surface area contributed by atoms with Gasteiger partial charge in [-0.15, -0.1) is 0 Å². The first-order valence-corrected chi connectivity index (χ1v) is 7.28. The monoisotopic (exact) mass is 258 g/mol. The lowest BCUT2D eigenvalue weighted by molar-refractivity contribution is -0.134. The van der Waals surface area contributed by atoms with Gasteiger partial charge in [0.05, 0.1) is 0 Å². The highest BCUT2D eigenvalue weighted by Crippen LogP contribution is 2.29. The van der Waals surface area contributed by atoms with Crippen molar-refractivity contribution in [3.05, 3.63) is 35.4 Å². The molecule has 1 atom stereocenters. The highest BCUT2D eigenvalue weighted by Gasteiger charge is 2.33. The van der Waals surface area contributed by atoms with Crippen LogP contribution in [0, 0.1) is 11.8 Å². The molecule has 1 aliphatic carbocycles. The summed E-state index contributed by atoms with van der Waals surface area (Å²) in [5, 5.41) is 3.21. The molecule has 0 radical (unpaired) electrons. The number of likely N-dealkylation sites (tertiary alicyclic amines) is 1. The van der Waals surface area contributed by atoms with Crippen molar-refractivity contribution in [3.8, 4) is 0 Å². The molecule has 3 rings (SSSR count). The van der Waals surface area contributed by atoms with E-state index in [1.165, 1.54) is 11.1 Å². The Morgan fingerprint density at radius 2 is 2.00 bits per heavy atom. The van der Waals surface area contributed by atoms with Crippen molar-refractivity contribution < 1.29 is 4.79 Å². The summed E-state index contributed by atoms with van der Waals surface area (Å²) in [7, 11) is 1.98. The maximum atomic E-state index is 12.6. The molecule has 1 unspecified atom stereocenters. The fraction of sp³-hybridized carbons (Fsp3) is 0.562. The smallest absolute Gasteiger partial charge is 0.226 e. The average Bonchev–Trinajstić information content (AvgIpc) is 3.04. The van der Waals surface area contributed by atoms with Crippen LogP contribution in [0.1, 0.15) is 17.5 Å². The Bertz CT molecular complexity index is 447. The number of hydrogen-bond donors (Lipinski definition) is 1. The Morgan fingerprint density at radius 1 is 1.32 bits per heavy atom. The lowest BCUT2D eigenvalue weighted by Gasteiger charge is -2.20. The van der Waals surface area contributed by atoms with E-state index in [0.29, 0.717) is 11.8 Å². The zero-order valence-electron chi connectivity index (χ0n) is 11.6. The summed E-state index contributed by atoms with van der Waals surface area (Å²) in [4.78, 5) is 14.7. The minimum Gasteiger partial charge on any atom is -0.342 e. The van der Waals surface area contributed by atoms with E-state index in [1.54, 1.807) is 0 Å². The largest absolute Gasteiger partial charge is 0.342 e. The van der Waals surface area contributed by atoms with Crippen molar-refractivity contribution in [2.75, 3.05) is 26.7 Å². The molecule has 1 amide bonds. The maximum absolute atomic E-state index is 12.6. The van der Waals surface area contributed by atoms with E-state index < -0.39 is 0 Å². The molecule has 0 bridgehead atoms. The van der Waals surface area contributed by atoms with Crippen LogP contribution in [0.5, 0.6) is 0 Å². The van der Waals surface area contributed by atoms with Crippen LogP contribution in [-0.2, 0) is 17.6 Å². The van der Waals surface area contributed by atoms with Gasteiger partial charge in [-0.05, 0) is 49.9 Å². The predicted molar refractivity (Wildman–Crippen MR) is 76.0 cm³/mol. The molecule has 1 aromatic carbocycles. The normalized spacial score (nSPS) is 22.8. The van der Waals surface area contributed by atoms with E-state index >= 15 is 0 Å². The van der Waals surface area contributed by atoms with Gasteiger partial charge in [-0.3, -0.25) is 4.79 Å². The molecule has 1 saturated heterocycles. The van der Waals surface area contributed by atoms with Crippen LogP contribution in [0.3, 0.4) is 0 Å². The van der Waals surface area contributed by atoms with Gasteiger partial charge in [0, 0.05) is 19.0 Å². The maximum Gasteiger partial charge on any atom is 0.226 e. The van der Waals surface area contributed by atoms with Gasteiger partial charge >= 0.3 is 0 Å². The number of nitrogens with one attached hydrogen (secondary N) is 1. The van der Waals surface area contributed by atoms with Gasteiger partial charge in [-0.1, -0.05) is 24.3 Å². The van der Waals surface area contributed by atoms with E-state index in [9.17, 15) is 4.79 Å². The second kappa shape index (κ2) is 5.33. The third-order valence-corrected chi connectivity index (χ3v) is 4.49. The zero-order valence-corrected chi connectivity index (χ0v) is 11.6. The van der Waals surface area contributed by atoms with Gasteiger partial charge in [0.1, 0.15) is 0 Å². The first kappa shape index (κ1) is 12.7. The van der Waals surface area contributed by atoms with Gasteiger partial charge in [-0.2, -0.15) is 0 Å². The minimum atomic E-state index is 0.186. The molecular weight excluding hydrogens is 236 g/mol. The second-order valence-corrected chi connectivity index (χ2v) is 5.87. The van der Waals surface area contributed by atoms with Crippen molar-refractivity contribution in [1.29, 1.82) is 0 Å². The zero-order chi connectivity index (χ0) is 13.2. The van der Waals surface area contributed by atoms with Crippen molar-refractivity contribution in [3.63, 3.8) is 0 Å². The minimum absolute atomic E-state index is 0.186. The molecule has 1 N–H and O–H groups in total. The number of amides is 1. The van der Waals surface area contributed by atoms with E-state index in [0.717, 1.165) is 38.9 Å². The topological polar surface area (TPSA) is 32.3 Å². The fourth-order valence-corrected chi connectivity index (χ4v) is 3.48. The Balaban J connectivity index is 1.61. The average molecular weight is 258 g/mol. The molecule has 102 valence electrons. The summed E-state index contributed by atoms with van der Waals surface area (Å²) in [5.41, 5.74) is 2.73. The molecule has 1 heterocycles. The molecule has 1 fully saturated rings. The summed E-state index contributed by atoms with van der Waals surface area (Å²) in [5.74, 6) is 1.19. The van der Waals surface area contributed by atoms with E-state index in [-0.39, 0.29) is 5.92 Å². The molecule has 3 nitrogen and oxygen atoms in total. The number of hydrogen-bond acceptors (Lipinski definition) is 2. The van der Waals surface area contributed by atoms with E-state index in [2.05, 4.69) is 34.5 Å². The number of carbonyl (C=O) groups excluding carboxylic acids is 1. The van der Waals surface area contributed by atoms with Gasteiger partial charge in [0.15, 0.2) is 0 Å². The van der Waals surface area contributed by atoms with Gasteiger partial charge in [-0.25, -0.2) is 0 Å². The van der Waals surface area contributed by atoms with Crippen LogP contribution in [0.4, 0.5) is 0 Å². The molecule has 0 aromatic heterocycles. The van der Waals surface area contributed by atoms with Crippen LogP contribution in [-0.4, -0.2) is 37.5 Å². The molecule has 1 aliphatic heterocycles. The quantitative estimate of drug-likeness (QED) is 0.890. The van der Waals surface area contributed by atoms with Crippen LogP contribution in [0.2, 0.25) is 0 Å². The Hall–Kier alpha value is -1.35. The Morgan fingerprint density at radius 3 is 2.63 bits per heavy atom. The molecular formula is C16H22N2O. The Labute approximate surface area is 115 Å². The molecule has 0 spiro atoms. The van der Waals surface area contributed by atoms with E-state index in [1.807, 2.05) is 7.05 Å². The van der Waals surface area contributed by atoms with Gasteiger partial charge < -0.3 is 10.2 Å². The van der Waals surface area contributed by atoms with Crippen LogP contribution in [0.25, 0.3) is 0 Å². The highest BCUT2D eigenvalue weighted by atomic mass is 16.2. The summed E-state index contributed by atoms with van der Waals surface area (Å²) in [6, 6.07) is 8.47. The third kappa shape index (κ3) is 2.52. The second-order valence-electron chi connectivity index (χ2n) is 5.87. The van der Waals surface area contributed by atoms with Gasteiger partial charge in [0.25, 0.3) is 0 Å². The van der Waals surface area contributed by atoms with Crippen molar-refractivity contribution in [2.24, 2.45) is 11.8 Å². The summed E-state index contributed by atoms with van der Waals surface area (Å²) < 4.78 is 0. The molecule has 2 aliphatic rings. The third-order valence-electron chi connectivity index (χ3n) is 4.49. The molecule has 0 saturated carbocycles. The summed E-state index contributed by atoms with van der Waals surface area (Å²) in [6.45, 7) is 2.90. The molecule has 1 aromatic rings. The number of nitrogens with zero attached hydrogens (tertiary/aromatic N) is 1. The van der Waals surface area contributed by atoms with Crippen molar-refractivity contribution >= 4 is 5.91 Å². The van der Waals surface area contributed by atoms with Crippen LogP contribution in [0.15, 0.2) is 24.3 Å². The van der Waals surface area contributed by atoms with Crippen LogP contribution >= 0.6 is 0 Å². The Kier molecular flexibility index (Phi) is 3.56. The molecule has 19 heavy (non-hydrogen) atoms. The lowest BCUT2D eigenvalue weighted by Crippen LogP contribution is -2.35. The summed E-state index contributed by atoms with van der Waals surface area (Å²) in [6.07, 6.45) is 3.01. The van der Waals surface area contributed by atoms with Gasteiger partial charge in [0.2, 0.25) is 5.91 Å². The predicted octanol–water partition coefficient (Wildman–Crippen LogP) is 1.47. The fourth-order valence-electron chi connectivity index (χ4n) is 3.48. The molecule has 3 heteroatoms. The standard InChI is InChI=1S/C16H22N2O/c1-17-10-12-6-7-18(11-12)16(19)15-8-13-4-2-3-5-14(13)9-15/h2-5,12,15,17H,6-11H2,1H3. The number of fused-ring (bicyclic) bond motifs is 1.